The number of likely N-dealkylation sites (tertiary alicyclic amines) is 1. The Bertz CT molecular complexity index is 1580. The molecule has 1 saturated heterocycles. The maximum absolute atomic E-state index is 13.4. The van der Waals surface area contributed by atoms with Gasteiger partial charge in [0.25, 0.3) is 17.4 Å². The summed E-state index contributed by atoms with van der Waals surface area (Å²) in [5.74, 6) is 1.34. The largest absolute Gasteiger partial charge is 0.493 e. The van der Waals surface area contributed by atoms with Gasteiger partial charge in [-0.25, -0.2) is 4.98 Å². The van der Waals surface area contributed by atoms with E-state index in [0.29, 0.717) is 36.0 Å². The molecule has 1 saturated carbocycles. The number of ether oxygens (including phenoxy) is 3. The van der Waals surface area contributed by atoms with Gasteiger partial charge in [-0.1, -0.05) is 18.2 Å². The first kappa shape index (κ1) is 28.3. The van der Waals surface area contributed by atoms with Crippen LogP contribution in [-0.4, -0.2) is 71.5 Å². The molecular formula is C31H33N5O7. The Labute approximate surface area is 247 Å². The number of nitrogens with one attached hydrogen (secondary N) is 3. The number of aromatic amines is 1. The van der Waals surface area contributed by atoms with E-state index in [1.54, 1.807) is 24.3 Å². The zero-order valence-corrected chi connectivity index (χ0v) is 23.8. The summed E-state index contributed by atoms with van der Waals surface area (Å²) >= 11 is 0. The zero-order valence-electron chi connectivity index (χ0n) is 23.8. The normalized spacial score (nSPS) is 20.8. The van der Waals surface area contributed by atoms with Crippen LogP contribution in [0.3, 0.4) is 0 Å². The molecule has 2 atom stereocenters. The Balaban J connectivity index is 1.23. The van der Waals surface area contributed by atoms with Gasteiger partial charge in [-0.15, -0.1) is 0 Å². The molecule has 1 aromatic heterocycles. The molecule has 5 aliphatic heterocycles. The van der Waals surface area contributed by atoms with Crippen LogP contribution in [0.5, 0.6) is 17.2 Å². The lowest BCUT2D eigenvalue weighted by Gasteiger charge is -2.21. The standard InChI is InChI=1S/C31H33N5O7/c1-41-25-12-18-4-10-24(25)42-17-28(38)32-13-19-2-8-21(9-3-19)43-26-16-36(15-23(26)34-27(37)11-5-18)31(40)22-14-33-29(20-6-7-20)35-30(22)39/h2-4,8-10,12,14,20,23,26H,5-7,11,13,15-17H2,1H3,(H,32,38)(H,34,37)(H,33,35,39)/t23-,26-/m0/s1. The molecule has 3 aromatic rings. The van der Waals surface area contributed by atoms with Crippen molar-refractivity contribution >= 4 is 17.7 Å². The van der Waals surface area contributed by atoms with E-state index in [2.05, 4.69) is 20.6 Å². The summed E-state index contributed by atoms with van der Waals surface area (Å²) in [5, 5.41) is 5.87. The van der Waals surface area contributed by atoms with Gasteiger partial charge in [0.1, 0.15) is 23.2 Å². The van der Waals surface area contributed by atoms with Crippen molar-refractivity contribution in [3.63, 3.8) is 0 Å². The van der Waals surface area contributed by atoms with Gasteiger partial charge in [-0.2, -0.15) is 0 Å². The summed E-state index contributed by atoms with van der Waals surface area (Å²) < 4.78 is 17.4. The number of nitrogens with zero attached hydrogens (tertiary/aromatic N) is 2. The lowest BCUT2D eigenvalue weighted by atomic mass is 10.1. The molecule has 2 fully saturated rings. The summed E-state index contributed by atoms with van der Waals surface area (Å²) in [6.07, 6.45) is 3.36. The fourth-order valence-electron chi connectivity index (χ4n) is 5.27. The fourth-order valence-corrected chi connectivity index (χ4v) is 5.27. The molecule has 3 N–H and O–H groups in total. The smallest absolute Gasteiger partial charge is 0.263 e. The number of hydrogen-bond acceptors (Lipinski definition) is 8. The molecule has 4 bridgehead atoms. The van der Waals surface area contributed by atoms with Crippen LogP contribution >= 0.6 is 0 Å². The number of H-pyrrole nitrogens is 1. The maximum Gasteiger partial charge on any atom is 0.263 e. The number of rotatable bonds is 3. The molecule has 0 spiro atoms. The topological polar surface area (TPSA) is 152 Å². The minimum Gasteiger partial charge on any atom is -0.493 e. The summed E-state index contributed by atoms with van der Waals surface area (Å²) in [4.78, 5) is 60.2. The van der Waals surface area contributed by atoms with Crippen LogP contribution in [-0.2, 0) is 22.6 Å². The van der Waals surface area contributed by atoms with Crippen LogP contribution in [0, 0.1) is 0 Å². The highest BCUT2D eigenvalue weighted by atomic mass is 16.5. The Kier molecular flexibility index (Phi) is 7.99. The van der Waals surface area contributed by atoms with E-state index in [1.807, 2.05) is 18.2 Å². The number of aromatic nitrogens is 2. The summed E-state index contributed by atoms with van der Waals surface area (Å²) in [6, 6.07) is 12.0. The quantitative estimate of drug-likeness (QED) is 0.419. The third-order valence-electron chi connectivity index (χ3n) is 7.84. The molecule has 0 radical (unpaired) electrons. The number of benzene rings is 2. The van der Waals surface area contributed by atoms with Crippen LogP contribution in [0.4, 0.5) is 0 Å². The minimum absolute atomic E-state index is 0.0414. The molecule has 9 rings (SSSR count). The number of carbonyl (C=O) groups excluding carboxylic acids is 3. The first-order valence-electron chi connectivity index (χ1n) is 14.4. The van der Waals surface area contributed by atoms with E-state index < -0.39 is 23.6 Å². The van der Waals surface area contributed by atoms with Crippen LogP contribution in [0.2, 0.25) is 0 Å². The molecule has 0 unspecified atom stereocenters. The second kappa shape index (κ2) is 12.2. The third kappa shape index (κ3) is 6.63. The molecule has 2 aromatic carbocycles. The van der Waals surface area contributed by atoms with Gasteiger partial charge in [0.15, 0.2) is 18.1 Å². The predicted octanol–water partition coefficient (Wildman–Crippen LogP) is 1.69. The maximum atomic E-state index is 13.4. The molecule has 12 nitrogen and oxygen atoms in total. The molecule has 6 aliphatic rings. The van der Waals surface area contributed by atoms with E-state index in [-0.39, 0.29) is 49.4 Å². The molecule has 43 heavy (non-hydrogen) atoms. The number of hydrogen-bond donors (Lipinski definition) is 3. The van der Waals surface area contributed by atoms with E-state index in [1.165, 1.54) is 18.2 Å². The van der Waals surface area contributed by atoms with Crippen molar-refractivity contribution in [1.82, 2.24) is 25.5 Å². The number of carbonyl (C=O) groups is 3. The first-order chi connectivity index (χ1) is 20.9. The zero-order chi connectivity index (χ0) is 29.9. The summed E-state index contributed by atoms with van der Waals surface area (Å²) in [6.45, 7) is 0.461. The first-order valence-corrected chi connectivity index (χ1v) is 14.4. The highest BCUT2D eigenvalue weighted by Gasteiger charge is 2.39. The molecule has 224 valence electrons. The summed E-state index contributed by atoms with van der Waals surface area (Å²) in [7, 11) is 1.51. The van der Waals surface area contributed by atoms with Gasteiger partial charge in [0.05, 0.1) is 19.7 Å². The van der Waals surface area contributed by atoms with Crippen LogP contribution in [0.15, 0.2) is 53.5 Å². The highest BCUT2D eigenvalue weighted by molar-refractivity contribution is 5.94. The van der Waals surface area contributed by atoms with Crippen molar-refractivity contribution in [2.75, 3.05) is 26.8 Å². The van der Waals surface area contributed by atoms with E-state index in [4.69, 9.17) is 14.2 Å². The van der Waals surface area contributed by atoms with Crippen molar-refractivity contribution < 1.29 is 28.6 Å². The lowest BCUT2D eigenvalue weighted by molar-refractivity contribution is -0.123. The van der Waals surface area contributed by atoms with Gasteiger partial charge in [-0.3, -0.25) is 19.2 Å². The average Bonchev–Trinajstić information content (AvgIpc) is 3.80. The molecular weight excluding hydrogens is 554 g/mol. The Morgan fingerprint density at radius 3 is 2.53 bits per heavy atom. The van der Waals surface area contributed by atoms with E-state index in [0.717, 1.165) is 24.0 Å². The minimum atomic E-state index is -0.557. The van der Waals surface area contributed by atoms with Crippen LogP contribution in [0.1, 0.15) is 52.5 Å². The van der Waals surface area contributed by atoms with Gasteiger partial charge >= 0.3 is 0 Å². The van der Waals surface area contributed by atoms with Crippen LogP contribution in [0.25, 0.3) is 0 Å². The van der Waals surface area contributed by atoms with Crippen molar-refractivity contribution in [2.24, 2.45) is 0 Å². The van der Waals surface area contributed by atoms with Gasteiger partial charge in [0.2, 0.25) is 5.91 Å². The second-order valence-electron chi connectivity index (χ2n) is 11.0. The van der Waals surface area contributed by atoms with Crippen molar-refractivity contribution in [3.05, 3.63) is 81.5 Å². The third-order valence-corrected chi connectivity index (χ3v) is 7.84. The number of aryl methyl sites for hydroxylation is 1. The Hall–Kier alpha value is -4.87. The molecule has 12 heteroatoms. The molecule has 3 amide bonds. The SMILES string of the molecule is COc1cc2ccc1OCC(=O)NCc1ccc(cc1)O[C@H]1CN(C(=O)c3cnc(C4CC4)[nH]c3=O)C[C@@H]1NC(=O)CC2. The monoisotopic (exact) mass is 587 g/mol. The van der Waals surface area contributed by atoms with Gasteiger partial charge in [0, 0.05) is 31.6 Å². The van der Waals surface area contributed by atoms with Crippen molar-refractivity contribution in [3.8, 4) is 17.2 Å². The Morgan fingerprint density at radius 1 is 1.00 bits per heavy atom. The van der Waals surface area contributed by atoms with Gasteiger partial charge < -0.3 is 34.7 Å². The van der Waals surface area contributed by atoms with Gasteiger partial charge in [-0.05, 0) is 54.7 Å². The Morgan fingerprint density at radius 2 is 1.79 bits per heavy atom. The van der Waals surface area contributed by atoms with Crippen molar-refractivity contribution in [2.45, 2.75) is 50.3 Å². The number of amides is 3. The van der Waals surface area contributed by atoms with E-state index >= 15 is 0 Å². The van der Waals surface area contributed by atoms with Crippen LogP contribution < -0.4 is 30.4 Å². The highest BCUT2D eigenvalue weighted by Crippen LogP contribution is 2.37. The predicted molar refractivity (Wildman–Crippen MR) is 154 cm³/mol. The van der Waals surface area contributed by atoms with E-state index in [9.17, 15) is 19.2 Å². The average molecular weight is 588 g/mol. The fraction of sp³-hybridized carbons (Fsp3) is 0.387. The second-order valence-corrected chi connectivity index (χ2v) is 11.0. The summed E-state index contributed by atoms with van der Waals surface area (Å²) in [5.41, 5.74) is 1.20. The number of methoxy groups -OCH3 is 1. The molecule has 6 heterocycles. The molecule has 1 aliphatic carbocycles. The lowest BCUT2D eigenvalue weighted by Crippen LogP contribution is -2.45. The van der Waals surface area contributed by atoms with Crippen molar-refractivity contribution in [1.29, 1.82) is 0 Å².